The first-order valence-electron chi connectivity index (χ1n) is 8.85. The molecule has 0 aliphatic carbocycles. The first-order chi connectivity index (χ1) is 14.9. The van der Waals surface area contributed by atoms with E-state index in [-0.39, 0.29) is 34.2 Å². The van der Waals surface area contributed by atoms with Gasteiger partial charge in [0.2, 0.25) is 11.5 Å². The van der Waals surface area contributed by atoms with E-state index in [1.807, 2.05) is 0 Å². The number of ether oxygens (including phenoxy) is 3. The van der Waals surface area contributed by atoms with Crippen molar-refractivity contribution in [2.24, 2.45) is 4.99 Å². The van der Waals surface area contributed by atoms with Gasteiger partial charge in [0.1, 0.15) is 11.4 Å². The van der Waals surface area contributed by atoms with Gasteiger partial charge < -0.3 is 18.8 Å². The van der Waals surface area contributed by atoms with Crippen LogP contribution in [0.3, 0.4) is 0 Å². The van der Waals surface area contributed by atoms with Crippen molar-refractivity contribution >= 4 is 22.9 Å². The topological polar surface area (TPSA) is 105 Å². The minimum absolute atomic E-state index is 0.0148. The van der Waals surface area contributed by atoms with Gasteiger partial charge in [-0.2, -0.15) is 4.99 Å². The van der Waals surface area contributed by atoms with Crippen LogP contribution in [0.1, 0.15) is 15.9 Å². The lowest BCUT2D eigenvalue weighted by Gasteiger charge is -2.13. The Bertz CT molecular complexity index is 1200. The molecular weight excluding hydrogens is 429 g/mol. The van der Waals surface area contributed by atoms with Crippen LogP contribution in [0.2, 0.25) is 0 Å². The third-order valence-electron chi connectivity index (χ3n) is 4.37. The van der Waals surface area contributed by atoms with Crippen molar-refractivity contribution < 1.29 is 28.3 Å². The van der Waals surface area contributed by atoms with Crippen molar-refractivity contribution in [3.05, 3.63) is 73.8 Å². The third-order valence-corrected chi connectivity index (χ3v) is 5.17. The van der Waals surface area contributed by atoms with E-state index in [2.05, 4.69) is 4.99 Å². The zero-order valence-corrected chi connectivity index (χ0v) is 17.6. The van der Waals surface area contributed by atoms with Crippen molar-refractivity contribution in [2.75, 3.05) is 21.3 Å². The van der Waals surface area contributed by atoms with Gasteiger partial charge in [-0.1, -0.05) is 18.2 Å². The first-order valence-corrected chi connectivity index (χ1v) is 9.73. The Balaban J connectivity index is 2.11. The summed E-state index contributed by atoms with van der Waals surface area (Å²) in [6.45, 7) is 0.139. The highest BCUT2D eigenvalue weighted by atomic mass is 32.1. The average molecular weight is 447 g/mol. The number of nitrogens with zero attached hydrogens (tertiary/aromatic N) is 3. The van der Waals surface area contributed by atoms with Gasteiger partial charge in [0.05, 0.1) is 32.8 Å². The monoisotopic (exact) mass is 447 g/mol. The second-order valence-corrected chi connectivity index (χ2v) is 6.99. The molecule has 0 N–H and O–H groups in total. The van der Waals surface area contributed by atoms with Crippen LogP contribution in [0.4, 0.5) is 10.1 Å². The van der Waals surface area contributed by atoms with Gasteiger partial charge in [-0.3, -0.25) is 14.9 Å². The molecule has 0 saturated carbocycles. The summed E-state index contributed by atoms with van der Waals surface area (Å²) in [5, 5.41) is 13.4. The standard InChI is InChI=1S/C20H18FN3O6S/c1-28-15-10-13(16(24(26)27)18(30-3)17(15)29-2)19(25)22-20-23(8-9-31-20)11-12-6-4-5-7-14(12)21/h4-10H,11H2,1-3H3. The fraction of sp³-hybridized carbons (Fsp3) is 0.200. The van der Waals surface area contributed by atoms with E-state index in [4.69, 9.17) is 14.2 Å². The number of thiazole rings is 1. The number of methoxy groups -OCH3 is 3. The Morgan fingerprint density at radius 3 is 2.52 bits per heavy atom. The van der Waals surface area contributed by atoms with E-state index in [1.165, 1.54) is 33.5 Å². The Morgan fingerprint density at radius 2 is 1.90 bits per heavy atom. The maximum absolute atomic E-state index is 14.0. The molecule has 1 heterocycles. The van der Waals surface area contributed by atoms with Crippen molar-refractivity contribution in [3.63, 3.8) is 0 Å². The van der Waals surface area contributed by atoms with Crippen LogP contribution in [0.5, 0.6) is 17.2 Å². The number of amides is 1. The first kappa shape index (κ1) is 22.0. The summed E-state index contributed by atoms with van der Waals surface area (Å²) >= 11 is 1.14. The molecule has 2 aromatic carbocycles. The second-order valence-electron chi connectivity index (χ2n) is 6.12. The number of carbonyl (C=O) groups excluding carboxylic acids is 1. The molecule has 162 valence electrons. The van der Waals surface area contributed by atoms with Gasteiger partial charge in [0.25, 0.3) is 5.91 Å². The van der Waals surface area contributed by atoms with Crippen LogP contribution in [-0.4, -0.2) is 36.7 Å². The number of benzene rings is 2. The predicted molar refractivity (Wildman–Crippen MR) is 110 cm³/mol. The molecular formula is C20H18FN3O6S. The van der Waals surface area contributed by atoms with E-state index in [9.17, 15) is 19.3 Å². The summed E-state index contributed by atoms with van der Waals surface area (Å²) < 4.78 is 31.0. The van der Waals surface area contributed by atoms with Crippen LogP contribution >= 0.6 is 11.3 Å². The molecule has 0 radical (unpaired) electrons. The molecule has 0 bridgehead atoms. The van der Waals surface area contributed by atoms with Gasteiger partial charge >= 0.3 is 5.69 Å². The second kappa shape index (κ2) is 9.39. The highest BCUT2D eigenvalue weighted by Crippen LogP contribution is 2.46. The molecule has 0 atom stereocenters. The molecule has 0 aliphatic heterocycles. The fourth-order valence-corrected chi connectivity index (χ4v) is 3.68. The van der Waals surface area contributed by atoms with Gasteiger partial charge in [-0.15, -0.1) is 11.3 Å². The lowest BCUT2D eigenvalue weighted by molar-refractivity contribution is -0.386. The van der Waals surface area contributed by atoms with Gasteiger partial charge in [0.15, 0.2) is 10.6 Å². The number of nitro benzene ring substituents is 1. The molecule has 3 aromatic rings. The summed E-state index contributed by atoms with van der Waals surface area (Å²) in [5.74, 6) is -1.46. The summed E-state index contributed by atoms with van der Waals surface area (Å²) in [5.41, 5.74) is -0.509. The molecule has 0 aliphatic rings. The highest BCUT2D eigenvalue weighted by Gasteiger charge is 2.32. The molecule has 3 rings (SSSR count). The number of hydrogen-bond acceptors (Lipinski definition) is 7. The van der Waals surface area contributed by atoms with E-state index in [0.29, 0.717) is 5.56 Å². The molecule has 31 heavy (non-hydrogen) atoms. The van der Waals surface area contributed by atoms with Gasteiger partial charge in [-0.05, 0) is 6.07 Å². The quantitative estimate of drug-likeness (QED) is 0.406. The molecule has 9 nitrogen and oxygen atoms in total. The van der Waals surface area contributed by atoms with Crippen LogP contribution in [0, 0.1) is 15.9 Å². The lowest BCUT2D eigenvalue weighted by Crippen LogP contribution is -2.18. The fourth-order valence-electron chi connectivity index (χ4n) is 2.95. The van der Waals surface area contributed by atoms with Crippen molar-refractivity contribution in [1.29, 1.82) is 0 Å². The molecule has 0 fully saturated rings. The largest absolute Gasteiger partial charge is 0.493 e. The average Bonchev–Trinajstić information content (AvgIpc) is 3.19. The third kappa shape index (κ3) is 4.40. The molecule has 1 aromatic heterocycles. The van der Waals surface area contributed by atoms with E-state index < -0.39 is 22.3 Å². The van der Waals surface area contributed by atoms with Crippen LogP contribution in [0.25, 0.3) is 0 Å². The summed E-state index contributed by atoms with van der Waals surface area (Å²) in [4.78, 5) is 28.2. The molecule has 0 unspecified atom stereocenters. The predicted octanol–water partition coefficient (Wildman–Crippen LogP) is 3.41. The van der Waals surface area contributed by atoms with E-state index in [0.717, 1.165) is 11.3 Å². The molecule has 11 heteroatoms. The Hall–Kier alpha value is -3.73. The van der Waals surface area contributed by atoms with Gasteiger partial charge in [0, 0.05) is 23.2 Å². The molecule has 1 amide bonds. The Labute approximate surface area is 180 Å². The number of halogens is 1. The maximum atomic E-state index is 14.0. The number of hydrogen-bond donors (Lipinski definition) is 0. The number of aromatic nitrogens is 1. The number of nitro groups is 1. The molecule has 0 spiro atoms. The normalized spacial score (nSPS) is 11.3. The zero-order chi connectivity index (χ0) is 22.5. The SMILES string of the molecule is COc1cc(C(=O)N=c2sccn2Cc2ccccc2F)c([N+](=O)[O-])c(OC)c1OC. The number of carbonyl (C=O) groups is 1. The lowest BCUT2D eigenvalue weighted by atomic mass is 10.1. The van der Waals surface area contributed by atoms with Crippen LogP contribution in [0.15, 0.2) is 46.9 Å². The molecule has 0 saturated heterocycles. The zero-order valence-electron chi connectivity index (χ0n) is 16.8. The van der Waals surface area contributed by atoms with E-state index in [1.54, 1.807) is 34.3 Å². The van der Waals surface area contributed by atoms with E-state index >= 15 is 0 Å². The van der Waals surface area contributed by atoms with Crippen LogP contribution in [-0.2, 0) is 6.54 Å². The van der Waals surface area contributed by atoms with Crippen molar-refractivity contribution in [2.45, 2.75) is 6.54 Å². The minimum Gasteiger partial charge on any atom is -0.493 e. The summed E-state index contributed by atoms with van der Waals surface area (Å²) in [6.07, 6.45) is 1.65. The summed E-state index contributed by atoms with van der Waals surface area (Å²) in [7, 11) is 3.85. The number of rotatable bonds is 7. The minimum atomic E-state index is -0.879. The van der Waals surface area contributed by atoms with Crippen LogP contribution < -0.4 is 19.0 Å². The summed E-state index contributed by atoms with van der Waals surface area (Å²) in [6, 6.07) is 7.42. The van der Waals surface area contributed by atoms with Crippen molar-refractivity contribution in [3.8, 4) is 17.2 Å². The van der Waals surface area contributed by atoms with Crippen molar-refractivity contribution in [1.82, 2.24) is 4.57 Å². The smallest absolute Gasteiger partial charge is 0.327 e. The highest BCUT2D eigenvalue weighted by molar-refractivity contribution is 7.07. The Kier molecular flexibility index (Phi) is 6.65. The Morgan fingerprint density at radius 1 is 1.19 bits per heavy atom. The maximum Gasteiger partial charge on any atom is 0.327 e. The van der Waals surface area contributed by atoms with Gasteiger partial charge in [-0.25, -0.2) is 4.39 Å².